The Morgan fingerprint density at radius 2 is 1.68 bits per heavy atom. The number of rotatable bonds is 6. The van der Waals surface area contributed by atoms with Crippen molar-refractivity contribution in [3.63, 3.8) is 0 Å². The van der Waals surface area contributed by atoms with Crippen molar-refractivity contribution in [2.45, 2.75) is 58.3 Å². The predicted molar refractivity (Wildman–Crippen MR) is 129 cm³/mol. The normalized spacial score (nSPS) is 17.1. The molecular weight excluding hydrogens is 438 g/mol. The molecular formula is C26H30F2N4O2. The van der Waals surface area contributed by atoms with Crippen LogP contribution in [0.5, 0.6) is 0 Å². The molecule has 180 valence electrons. The quantitative estimate of drug-likeness (QED) is 0.599. The lowest BCUT2D eigenvalue weighted by atomic mass is 10.0. The highest BCUT2D eigenvalue weighted by Gasteiger charge is 2.27. The maximum atomic E-state index is 14.5. The Balaban J connectivity index is 1.88. The first-order valence-corrected chi connectivity index (χ1v) is 11.6. The van der Waals surface area contributed by atoms with Crippen molar-refractivity contribution in [2.24, 2.45) is 5.73 Å². The van der Waals surface area contributed by atoms with Gasteiger partial charge in [-0.15, -0.1) is 0 Å². The molecule has 1 fully saturated rings. The van der Waals surface area contributed by atoms with Crippen molar-refractivity contribution >= 4 is 5.69 Å². The van der Waals surface area contributed by atoms with Crippen LogP contribution < -0.4 is 21.9 Å². The van der Waals surface area contributed by atoms with E-state index in [4.69, 9.17) is 5.73 Å². The van der Waals surface area contributed by atoms with Gasteiger partial charge in [-0.25, -0.2) is 13.6 Å². The lowest BCUT2D eigenvalue weighted by Gasteiger charge is -2.36. The molecule has 3 aromatic rings. The third kappa shape index (κ3) is 4.55. The van der Waals surface area contributed by atoms with Crippen LogP contribution in [0, 0.1) is 18.6 Å². The van der Waals surface area contributed by atoms with Gasteiger partial charge in [0.05, 0.1) is 13.1 Å². The minimum atomic E-state index is -0.738. The number of nitrogens with zero attached hydrogens (tertiary/aromatic N) is 3. The van der Waals surface area contributed by atoms with Gasteiger partial charge in [-0.05, 0) is 50.8 Å². The van der Waals surface area contributed by atoms with E-state index in [0.29, 0.717) is 17.9 Å². The number of benzene rings is 2. The van der Waals surface area contributed by atoms with E-state index in [1.165, 1.54) is 10.6 Å². The molecule has 0 bridgehead atoms. The molecule has 2 aromatic carbocycles. The second-order valence-electron chi connectivity index (χ2n) is 8.97. The number of hydrogen-bond acceptors (Lipinski definition) is 4. The molecule has 2 N–H and O–H groups in total. The first-order chi connectivity index (χ1) is 16.3. The van der Waals surface area contributed by atoms with Crippen molar-refractivity contribution in [2.75, 3.05) is 11.4 Å². The first kappa shape index (κ1) is 23.9. The first-order valence-electron chi connectivity index (χ1n) is 11.6. The molecule has 2 unspecified atom stereocenters. The van der Waals surface area contributed by atoms with E-state index in [1.54, 1.807) is 6.92 Å². The third-order valence-corrected chi connectivity index (χ3v) is 6.73. The number of anilines is 1. The second kappa shape index (κ2) is 9.93. The van der Waals surface area contributed by atoms with E-state index in [9.17, 15) is 18.4 Å². The summed E-state index contributed by atoms with van der Waals surface area (Å²) in [5.41, 5.74) is 6.67. The Morgan fingerprint density at radius 1 is 1.00 bits per heavy atom. The van der Waals surface area contributed by atoms with Crippen LogP contribution in [0.25, 0.3) is 0 Å². The predicted octanol–water partition coefficient (Wildman–Crippen LogP) is 3.72. The summed E-state index contributed by atoms with van der Waals surface area (Å²) in [6.45, 7) is 4.02. The van der Waals surface area contributed by atoms with Crippen LogP contribution in [0.15, 0.2) is 58.1 Å². The van der Waals surface area contributed by atoms with E-state index in [1.807, 2.05) is 42.2 Å². The van der Waals surface area contributed by atoms with Gasteiger partial charge < -0.3 is 10.6 Å². The van der Waals surface area contributed by atoms with Crippen LogP contribution in [0.2, 0.25) is 0 Å². The lowest BCUT2D eigenvalue weighted by molar-refractivity contribution is 0.462. The van der Waals surface area contributed by atoms with E-state index >= 15 is 0 Å². The summed E-state index contributed by atoms with van der Waals surface area (Å²) in [5.74, 6) is -1.48. The fourth-order valence-electron chi connectivity index (χ4n) is 4.74. The fraction of sp³-hybridized carbons (Fsp3) is 0.385. The number of halogens is 2. The minimum absolute atomic E-state index is 0.0447. The SMILES string of the molecule is Cc1c(N2CCCCC2C)c(=O)n(CC(N)c2ccccc2)c(=O)n1Cc1c(F)cccc1F. The molecule has 0 aliphatic carbocycles. The van der Waals surface area contributed by atoms with Crippen LogP contribution in [0.3, 0.4) is 0 Å². The van der Waals surface area contributed by atoms with Crippen molar-refractivity contribution in [3.8, 4) is 0 Å². The number of piperidine rings is 1. The summed E-state index contributed by atoms with van der Waals surface area (Å²) in [6.07, 6.45) is 2.90. The van der Waals surface area contributed by atoms with Gasteiger partial charge in [-0.2, -0.15) is 0 Å². The topological polar surface area (TPSA) is 73.3 Å². The Kier molecular flexibility index (Phi) is 6.97. The Bertz CT molecular complexity index is 1270. The zero-order valence-corrected chi connectivity index (χ0v) is 19.5. The zero-order chi connectivity index (χ0) is 24.4. The summed E-state index contributed by atoms with van der Waals surface area (Å²) in [5, 5.41) is 0. The average molecular weight is 469 g/mol. The standard InChI is InChI=1S/C26H30F2N4O2/c1-17-9-6-7-14-30(17)24-18(2)31(15-20-21(27)12-8-13-22(20)28)26(34)32(25(24)33)16-23(29)19-10-4-3-5-11-19/h3-5,8,10-13,17,23H,6-7,9,14-16,29H2,1-2H3. The lowest BCUT2D eigenvalue weighted by Crippen LogP contribution is -2.49. The van der Waals surface area contributed by atoms with Crippen molar-refractivity contribution in [1.29, 1.82) is 0 Å². The molecule has 0 saturated carbocycles. The largest absolute Gasteiger partial charge is 0.363 e. The van der Waals surface area contributed by atoms with E-state index in [-0.39, 0.29) is 24.7 Å². The molecule has 8 heteroatoms. The van der Waals surface area contributed by atoms with Crippen LogP contribution in [0.4, 0.5) is 14.5 Å². The Morgan fingerprint density at radius 3 is 2.32 bits per heavy atom. The van der Waals surface area contributed by atoms with Crippen molar-refractivity contribution < 1.29 is 8.78 Å². The van der Waals surface area contributed by atoms with E-state index in [2.05, 4.69) is 0 Å². The molecule has 4 rings (SSSR count). The molecule has 1 aromatic heterocycles. The summed E-state index contributed by atoms with van der Waals surface area (Å²) >= 11 is 0. The van der Waals surface area contributed by atoms with Gasteiger partial charge in [0.2, 0.25) is 0 Å². The van der Waals surface area contributed by atoms with E-state index in [0.717, 1.165) is 41.5 Å². The Hall–Kier alpha value is -3.26. The maximum Gasteiger partial charge on any atom is 0.331 e. The van der Waals surface area contributed by atoms with Gasteiger partial charge in [0, 0.05) is 29.9 Å². The van der Waals surface area contributed by atoms with Crippen LogP contribution in [-0.4, -0.2) is 21.7 Å². The van der Waals surface area contributed by atoms with Crippen molar-refractivity contribution in [3.05, 3.63) is 97.8 Å². The van der Waals surface area contributed by atoms with Gasteiger partial charge in [0.25, 0.3) is 5.56 Å². The second-order valence-corrected chi connectivity index (χ2v) is 8.97. The zero-order valence-electron chi connectivity index (χ0n) is 19.5. The maximum absolute atomic E-state index is 14.5. The smallest absolute Gasteiger partial charge is 0.331 e. The highest BCUT2D eigenvalue weighted by atomic mass is 19.1. The molecule has 1 aliphatic rings. The molecule has 34 heavy (non-hydrogen) atoms. The van der Waals surface area contributed by atoms with Crippen LogP contribution in [-0.2, 0) is 13.1 Å². The number of nitrogens with two attached hydrogens (primary N) is 1. The number of hydrogen-bond donors (Lipinski definition) is 1. The average Bonchev–Trinajstić information content (AvgIpc) is 2.83. The van der Waals surface area contributed by atoms with Gasteiger partial charge in [0.15, 0.2) is 0 Å². The molecule has 0 amide bonds. The summed E-state index contributed by atoms with van der Waals surface area (Å²) < 4.78 is 31.3. The Labute approximate surface area is 197 Å². The summed E-state index contributed by atoms with van der Waals surface area (Å²) in [6, 6.07) is 12.3. The molecule has 2 atom stereocenters. The molecule has 0 spiro atoms. The van der Waals surface area contributed by atoms with Gasteiger partial charge >= 0.3 is 5.69 Å². The molecule has 0 radical (unpaired) electrons. The van der Waals surface area contributed by atoms with Gasteiger partial charge in [-0.3, -0.25) is 13.9 Å². The van der Waals surface area contributed by atoms with Gasteiger partial charge in [0.1, 0.15) is 17.3 Å². The van der Waals surface area contributed by atoms with Gasteiger partial charge in [-0.1, -0.05) is 36.4 Å². The highest BCUT2D eigenvalue weighted by molar-refractivity contribution is 5.50. The highest BCUT2D eigenvalue weighted by Crippen LogP contribution is 2.25. The summed E-state index contributed by atoms with van der Waals surface area (Å²) in [7, 11) is 0. The fourth-order valence-corrected chi connectivity index (χ4v) is 4.74. The molecule has 6 nitrogen and oxygen atoms in total. The van der Waals surface area contributed by atoms with E-state index < -0.39 is 28.9 Å². The minimum Gasteiger partial charge on any atom is -0.363 e. The van der Waals surface area contributed by atoms with Crippen LogP contribution in [0.1, 0.15) is 49.0 Å². The number of aromatic nitrogens is 2. The van der Waals surface area contributed by atoms with Crippen LogP contribution >= 0.6 is 0 Å². The molecule has 1 saturated heterocycles. The molecule has 1 aliphatic heterocycles. The monoisotopic (exact) mass is 468 g/mol. The van der Waals surface area contributed by atoms with Crippen molar-refractivity contribution in [1.82, 2.24) is 9.13 Å². The molecule has 2 heterocycles. The summed E-state index contributed by atoms with van der Waals surface area (Å²) in [4.78, 5) is 29.2. The third-order valence-electron chi connectivity index (χ3n) is 6.73.